The highest BCUT2D eigenvalue weighted by Gasteiger charge is 2.34. The van der Waals surface area contributed by atoms with Gasteiger partial charge in [0.15, 0.2) is 0 Å². The van der Waals surface area contributed by atoms with Crippen molar-refractivity contribution in [1.82, 2.24) is 5.32 Å². The zero-order valence-corrected chi connectivity index (χ0v) is 11.5. The van der Waals surface area contributed by atoms with Crippen LogP contribution in [0.5, 0.6) is 0 Å². The summed E-state index contributed by atoms with van der Waals surface area (Å²) in [6.45, 7) is 4.87. The number of nitrogens with one attached hydrogen (secondary N) is 1. The third-order valence-electron chi connectivity index (χ3n) is 3.35. The molecule has 0 aliphatic carbocycles. The lowest BCUT2D eigenvalue weighted by Crippen LogP contribution is -2.39. The van der Waals surface area contributed by atoms with Crippen LogP contribution in [-0.4, -0.2) is 17.6 Å². The molecule has 0 radical (unpaired) electrons. The smallest absolute Gasteiger partial charge is 0.310 e. The molecular formula is C13H18N2O2S. The van der Waals surface area contributed by atoms with Crippen LogP contribution >= 0.6 is 11.3 Å². The lowest BCUT2D eigenvalue weighted by Gasteiger charge is -2.26. The van der Waals surface area contributed by atoms with Gasteiger partial charge in [0.25, 0.3) is 0 Å². The van der Waals surface area contributed by atoms with Gasteiger partial charge in [0, 0.05) is 23.3 Å². The van der Waals surface area contributed by atoms with Gasteiger partial charge in [0.1, 0.15) is 6.07 Å². The second-order valence-electron chi connectivity index (χ2n) is 4.31. The average molecular weight is 266 g/mol. The van der Waals surface area contributed by atoms with Crippen molar-refractivity contribution < 1.29 is 9.90 Å². The summed E-state index contributed by atoms with van der Waals surface area (Å²) in [6.07, 6.45) is 1.22. The average Bonchev–Trinajstić information content (AvgIpc) is 2.82. The van der Waals surface area contributed by atoms with Crippen LogP contribution in [-0.2, 0) is 11.3 Å². The van der Waals surface area contributed by atoms with Gasteiger partial charge in [-0.05, 0) is 18.9 Å². The molecule has 18 heavy (non-hydrogen) atoms. The van der Waals surface area contributed by atoms with Crippen molar-refractivity contribution in [1.29, 1.82) is 5.26 Å². The molecular weight excluding hydrogens is 248 g/mol. The molecule has 5 heteroatoms. The van der Waals surface area contributed by atoms with Crippen LogP contribution < -0.4 is 5.32 Å². The van der Waals surface area contributed by atoms with Crippen molar-refractivity contribution in [2.24, 2.45) is 5.41 Å². The minimum atomic E-state index is -0.746. The molecule has 0 saturated heterocycles. The van der Waals surface area contributed by atoms with Gasteiger partial charge in [0.05, 0.1) is 11.0 Å². The van der Waals surface area contributed by atoms with Crippen LogP contribution in [0.1, 0.15) is 37.1 Å². The highest BCUT2D eigenvalue weighted by atomic mass is 32.1. The molecule has 4 nitrogen and oxygen atoms in total. The summed E-state index contributed by atoms with van der Waals surface area (Å²) in [4.78, 5) is 12.3. The fourth-order valence-corrected chi connectivity index (χ4v) is 2.61. The van der Waals surface area contributed by atoms with Crippen molar-refractivity contribution in [3.63, 3.8) is 0 Å². The molecule has 0 atom stereocenters. The standard InChI is InChI=1S/C13H18N2O2S/c1-3-13(4-2,12(16)17)9-15-7-11-5-10(6-14)8-18-11/h5,8,15H,3-4,7,9H2,1-2H3,(H,16,17). The normalized spacial score (nSPS) is 11.2. The number of nitrogens with zero attached hydrogens (tertiary/aromatic N) is 1. The molecule has 0 amide bonds. The Kier molecular flexibility index (Phi) is 5.32. The minimum absolute atomic E-state index is 0.453. The number of hydrogen-bond donors (Lipinski definition) is 2. The van der Waals surface area contributed by atoms with Crippen LogP contribution in [0.25, 0.3) is 0 Å². The third kappa shape index (κ3) is 3.31. The van der Waals surface area contributed by atoms with Crippen molar-refractivity contribution in [2.75, 3.05) is 6.54 Å². The molecule has 0 fully saturated rings. The van der Waals surface area contributed by atoms with Crippen LogP contribution in [0.3, 0.4) is 0 Å². The maximum atomic E-state index is 11.3. The van der Waals surface area contributed by atoms with Crippen LogP contribution in [0.2, 0.25) is 0 Å². The lowest BCUT2D eigenvalue weighted by molar-refractivity contribution is -0.149. The fraction of sp³-hybridized carbons (Fsp3) is 0.538. The van der Waals surface area contributed by atoms with Crippen LogP contribution in [0.4, 0.5) is 0 Å². The summed E-state index contributed by atoms with van der Waals surface area (Å²) in [5.74, 6) is -0.746. The maximum absolute atomic E-state index is 11.3. The van der Waals surface area contributed by atoms with Crippen molar-refractivity contribution in [3.8, 4) is 6.07 Å². The van der Waals surface area contributed by atoms with E-state index in [0.717, 1.165) is 4.88 Å². The van der Waals surface area contributed by atoms with E-state index >= 15 is 0 Å². The van der Waals surface area contributed by atoms with Gasteiger partial charge >= 0.3 is 5.97 Å². The van der Waals surface area contributed by atoms with E-state index in [2.05, 4.69) is 11.4 Å². The number of carbonyl (C=O) groups is 1. The molecule has 0 aliphatic heterocycles. The monoisotopic (exact) mass is 266 g/mol. The zero-order chi connectivity index (χ0) is 13.6. The summed E-state index contributed by atoms with van der Waals surface area (Å²) in [5, 5.41) is 23.0. The van der Waals surface area contributed by atoms with E-state index in [1.807, 2.05) is 19.9 Å². The lowest BCUT2D eigenvalue weighted by atomic mass is 9.82. The first kappa shape index (κ1) is 14.7. The van der Waals surface area contributed by atoms with Gasteiger partial charge in [-0.15, -0.1) is 11.3 Å². The Balaban J connectivity index is 2.54. The molecule has 0 aromatic carbocycles. The number of hydrogen-bond acceptors (Lipinski definition) is 4. The fourth-order valence-electron chi connectivity index (χ4n) is 1.84. The molecule has 2 N–H and O–H groups in total. The summed E-state index contributed by atoms with van der Waals surface area (Å²) in [5.41, 5.74) is -0.0257. The van der Waals surface area contributed by atoms with Gasteiger partial charge in [-0.1, -0.05) is 13.8 Å². The number of thiophene rings is 1. The van der Waals surface area contributed by atoms with Crippen LogP contribution in [0.15, 0.2) is 11.4 Å². The van der Waals surface area contributed by atoms with E-state index < -0.39 is 11.4 Å². The van der Waals surface area contributed by atoms with Crippen LogP contribution in [0, 0.1) is 16.7 Å². The van der Waals surface area contributed by atoms with Crippen molar-refractivity contribution in [3.05, 3.63) is 21.9 Å². The first-order valence-electron chi connectivity index (χ1n) is 5.99. The van der Waals surface area contributed by atoms with Gasteiger partial charge in [-0.25, -0.2) is 0 Å². The van der Waals surface area contributed by atoms with E-state index in [1.165, 1.54) is 11.3 Å². The number of carboxylic acids is 1. The van der Waals surface area contributed by atoms with E-state index in [9.17, 15) is 9.90 Å². The van der Waals surface area contributed by atoms with Gasteiger partial charge in [-0.2, -0.15) is 5.26 Å². The quantitative estimate of drug-likeness (QED) is 0.795. The Hall–Kier alpha value is -1.38. The van der Waals surface area contributed by atoms with E-state index in [0.29, 0.717) is 31.5 Å². The predicted molar refractivity (Wildman–Crippen MR) is 71.4 cm³/mol. The second kappa shape index (κ2) is 6.53. The largest absolute Gasteiger partial charge is 0.481 e. The Labute approximate surface area is 111 Å². The first-order valence-corrected chi connectivity index (χ1v) is 6.87. The van der Waals surface area contributed by atoms with E-state index in [-0.39, 0.29) is 0 Å². The third-order valence-corrected chi connectivity index (χ3v) is 4.29. The maximum Gasteiger partial charge on any atom is 0.310 e. The molecule has 0 unspecified atom stereocenters. The van der Waals surface area contributed by atoms with E-state index in [1.54, 1.807) is 5.38 Å². The van der Waals surface area contributed by atoms with Crippen molar-refractivity contribution in [2.45, 2.75) is 33.2 Å². The zero-order valence-electron chi connectivity index (χ0n) is 10.7. The Morgan fingerprint density at radius 1 is 1.56 bits per heavy atom. The molecule has 98 valence electrons. The predicted octanol–water partition coefficient (Wildman–Crippen LogP) is 2.60. The highest BCUT2D eigenvalue weighted by molar-refractivity contribution is 7.10. The molecule has 1 aromatic heterocycles. The topological polar surface area (TPSA) is 73.1 Å². The molecule has 0 saturated carbocycles. The molecule has 1 heterocycles. The van der Waals surface area contributed by atoms with Gasteiger partial charge in [0.2, 0.25) is 0 Å². The van der Waals surface area contributed by atoms with Gasteiger partial charge in [-0.3, -0.25) is 4.79 Å². The van der Waals surface area contributed by atoms with E-state index in [4.69, 9.17) is 5.26 Å². The van der Waals surface area contributed by atoms with Gasteiger partial charge < -0.3 is 10.4 Å². The summed E-state index contributed by atoms with van der Waals surface area (Å²) in [7, 11) is 0. The number of aliphatic carboxylic acids is 1. The molecule has 0 spiro atoms. The number of nitriles is 1. The molecule has 0 aliphatic rings. The Morgan fingerprint density at radius 2 is 2.22 bits per heavy atom. The molecule has 1 rings (SSSR count). The highest BCUT2D eigenvalue weighted by Crippen LogP contribution is 2.26. The summed E-state index contributed by atoms with van der Waals surface area (Å²) >= 11 is 1.52. The molecule has 1 aromatic rings. The Morgan fingerprint density at radius 3 is 2.67 bits per heavy atom. The Bertz CT molecular complexity index is 444. The summed E-state index contributed by atoms with van der Waals surface area (Å²) < 4.78 is 0. The minimum Gasteiger partial charge on any atom is -0.481 e. The second-order valence-corrected chi connectivity index (χ2v) is 5.31. The molecule has 0 bridgehead atoms. The first-order chi connectivity index (χ1) is 8.57. The van der Waals surface area contributed by atoms with Crippen molar-refractivity contribution >= 4 is 17.3 Å². The number of rotatable bonds is 7. The SMILES string of the molecule is CCC(CC)(CNCc1cc(C#N)cs1)C(=O)O. The number of carboxylic acid groups (broad SMARTS) is 1. The summed E-state index contributed by atoms with van der Waals surface area (Å²) in [6, 6.07) is 3.91.